The lowest BCUT2D eigenvalue weighted by molar-refractivity contribution is -0.385. The molecule has 0 N–H and O–H groups in total. The number of carbonyl (C=O) groups excluding carboxylic acids is 2. The van der Waals surface area contributed by atoms with Gasteiger partial charge in [0.1, 0.15) is 27.3 Å². The molecule has 0 radical (unpaired) electrons. The van der Waals surface area contributed by atoms with Gasteiger partial charge in [-0.15, -0.1) is 0 Å². The Kier molecular flexibility index (Phi) is 7.62. The molecule has 3 rings (SSSR count). The largest absolute Gasteiger partial charge is 0.443 e. The molecular weight excluding hydrogens is 557 g/mol. The van der Waals surface area contributed by atoms with Crippen LogP contribution in [-0.4, -0.2) is 43.4 Å². The number of ether oxygens (including phenoxy) is 2. The molecule has 2 amide bonds. The van der Waals surface area contributed by atoms with Gasteiger partial charge in [0, 0.05) is 17.7 Å². The normalized spacial score (nSPS) is 11.7. The van der Waals surface area contributed by atoms with Crippen LogP contribution in [0.2, 0.25) is 0 Å². The van der Waals surface area contributed by atoms with Gasteiger partial charge in [0.05, 0.1) is 17.2 Å². The summed E-state index contributed by atoms with van der Waals surface area (Å²) >= 11 is 3.19. The van der Waals surface area contributed by atoms with Crippen molar-refractivity contribution >= 4 is 39.6 Å². The van der Waals surface area contributed by atoms with Crippen LogP contribution in [0.4, 0.5) is 25.5 Å². The number of amides is 2. The van der Waals surface area contributed by atoms with Crippen LogP contribution >= 0.6 is 15.9 Å². The van der Waals surface area contributed by atoms with Gasteiger partial charge in [-0.25, -0.2) is 23.9 Å². The second-order valence-electron chi connectivity index (χ2n) is 9.66. The number of halogens is 2. The van der Waals surface area contributed by atoms with Crippen LogP contribution < -0.4 is 4.90 Å². The lowest BCUT2D eigenvalue weighted by atomic mass is 10.1. The highest BCUT2D eigenvalue weighted by Gasteiger charge is 2.36. The van der Waals surface area contributed by atoms with Crippen LogP contribution in [0, 0.1) is 15.9 Å². The Morgan fingerprint density at radius 2 is 1.68 bits per heavy atom. The first-order chi connectivity index (χ1) is 17.1. The lowest BCUT2D eigenvalue weighted by Gasteiger charge is -2.28. The smallest absolute Gasteiger partial charge is 0.425 e. The molecule has 0 saturated carbocycles. The van der Waals surface area contributed by atoms with Crippen molar-refractivity contribution < 1.29 is 32.9 Å². The minimum atomic E-state index is -1.08. The summed E-state index contributed by atoms with van der Waals surface area (Å²) in [5.74, 6) is -1.29. The molecule has 37 heavy (non-hydrogen) atoms. The highest BCUT2D eigenvalue weighted by atomic mass is 79.9. The fourth-order valence-corrected chi connectivity index (χ4v) is 3.17. The van der Waals surface area contributed by atoms with E-state index in [1.54, 1.807) is 41.5 Å². The van der Waals surface area contributed by atoms with Crippen molar-refractivity contribution in [1.82, 2.24) is 15.1 Å². The Hall–Kier alpha value is -3.94. The number of carbonyl (C=O) groups is 2. The number of nitro benzene ring substituents is 1. The molecule has 3 aromatic rings. The minimum absolute atomic E-state index is 0.0174. The number of hydrogen-bond donors (Lipinski definition) is 0. The highest BCUT2D eigenvalue weighted by molar-refractivity contribution is 9.10. The van der Waals surface area contributed by atoms with E-state index in [1.165, 1.54) is 18.3 Å². The van der Waals surface area contributed by atoms with Crippen LogP contribution in [0.5, 0.6) is 0 Å². The Morgan fingerprint density at radius 3 is 2.19 bits per heavy atom. The number of rotatable bonds is 4. The van der Waals surface area contributed by atoms with Crippen molar-refractivity contribution in [2.24, 2.45) is 0 Å². The summed E-state index contributed by atoms with van der Waals surface area (Å²) in [6.45, 7) is 9.71. The molecule has 2 aromatic heterocycles. The van der Waals surface area contributed by atoms with E-state index in [0.29, 0.717) is 4.90 Å². The quantitative estimate of drug-likeness (QED) is 0.255. The average molecular weight is 580 g/mol. The summed E-state index contributed by atoms with van der Waals surface area (Å²) in [5, 5.41) is 14.7. The van der Waals surface area contributed by atoms with E-state index in [1.807, 2.05) is 0 Å². The van der Waals surface area contributed by atoms with Gasteiger partial charge in [0.25, 0.3) is 5.69 Å². The molecule has 0 aliphatic heterocycles. The van der Waals surface area contributed by atoms with Gasteiger partial charge in [-0.05, 0) is 63.5 Å². The van der Waals surface area contributed by atoms with E-state index in [4.69, 9.17) is 14.0 Å². The number of aromatic nitrogens is 3. The molecule has 1 aromatic carbocycles. The molecule has 12 nitrogen and oxygen atoms in total. The van der Waals surface area contributed by atoms with Crippen molar-refractivity contribution in [3.8, 4) is 22.7 Å². The summed E-state index contributed by atoms with van der Waals surface area (Å²) in [4.78, 5) is 45.4. The second kappa shape index (κ2) is 10.2. The third-order valence-corrected chi connectivity index (χ3v) is 4.65. The lowest BCUT2D eigenvalue weighted by Crippen LogP contribution is -2.44. The number of anilines is 1. The molecule has 0 aliphatic rings. The first kappa shape index (κ1) is 27.6. The van der Waals surface area contributed by atoms with E-state index in [-0.39, 0.29) is 33.1 Å². The minimum Gasteiger partial charge on any atom is -0.443 e. The van der Waals surface area contributed by atoms with Gasteiger partial charge >= 0.3 is 12.2 Å². The number of imide groups is 1. The van der Waals surface area contributed by atoms with Crippen LogP contribution in [0.1, 0.15) is 41.5 Å². The molecule has 0 spiro atoms. The molecule has 14 heteroatoms. The summed E-state index contributed by atoms with van der Waals surface area (Å²) in [5.41, 5.74) is -2.58. The Balaban J connectivity index is 2.12. The standard InChI is InChI=1S/C23H23BrFN5O7/c1-22(2,3)35-20(31)29(21(32)36-23(4,5)6)19-18(27-17(24)11-26-19)16-10-15(28-37-16)13-8-7-12(30(33)34)9-14(13)25/h7-11H,1-6H3. The molecule has 0 fully saturated rings. The number of nitrogens with zero attached hydrogens (tertiary/aromatic N) is 5. The predicted octanol–water partition coefficient (Wildman–Crippen LogP) is 6.29. The van der Waals surface area contributed by atoms with Gasteiger partial charge in [-0.2, -0.15) is 4.90 Å². The van der Waals surface area contributed by atoms with Gasteiger partial charge in [-0.3, -0.25) is 10.1 Å². The zero-order valence-corrected chi connectivity index (χ0v) is 22.3. The number of nitro groups is 1. The first-order valence-electron chi connectivity index (χ1n) is 10.8. The van der Waals surface area contributed by atoms with Gasteiger partial charge < -0.3 is 14.0 Å². The van der Waals surface area contributed by atoms with E-state index in [2.05, 4.69) is 31.1 Å². The van der Waals surface area contributed by atoms with Crippen molar-refractivity contribution in [2.45, 2.75) is 52.7 Å². The summed E-state index contributed by atoms with van der Waals surface area (Å²) in [6, 6.07) is 4.33. The Bertz CT molecular complexity index is 1340. The third-order valence-electron chi connectivity index (χ3n) is 4.27. The van der Waals surface area contributed by atoms with Crippen molar-refractivity contribution in [3.05, 3.63) is 51.0 Å². The summed E-state index contributed by atoms with van der Waals surface area (Å²) in [7, 11) is 0. The molecule has 0 atom stereocenters. The summed E-state index contributed by atoms with van der Waals surface area (Å²) < 4.78 is 30.9. The maximum Gasteiger partial charge on any atom is 0.425 e. The van der Waals surface area contributed by atoms with Crippen LogP contribution in [-0.2, 0) is 9.47 Å². The van der Waals surface area contributed by atoms with Crippen LogP contribution in [0.3, 0.4) is 0 Å². The van der Waals surface area contributed by atoms with Crippen molar-refractivity contribution in [3.63, 3.8) is 0 Å². The molecule has 0 bridgehead atoms. The van der Waals surface area contributed by atoms with E-state index in [9.17, 15) is 24.1 Å². The Morgan fingerprint density at radius 1 is 1.08 bits per heavy atom. The SMILES string of the molecule is CC(C)(C)OC(=O)N(C(=O)OC(C)(C)C)c1ncc(Br)nc1-c1cc(-c2ccc([N+](=O)[O-])cc2F)no1. The predicted molar refractivity (Wildman–Crippen MR) is 132 cm³/mol. The van der Waals surface area contributed by atoms with E-state index >= 15 is 0 Å². The van der Waals surface area contributed by atoms with Crippen molar-refractivity contribution in [2.75, 3.05) is 4.90 Å². The number of non-ortho nitro benzene ring substituents is 1. The molecule has 0 aliphatic carbocycles. The maximum absolute atomic E-state index is 14.6. The monoisotopic (exact) mass is 579 g/mol. The van der Waals surface area contributed by atoms with Gasteiger partial charge in [0.2, 0.25) is 0 Å². The number of hydrogen-bond acceptors (Lipinski definition) is 10. The average Bonchev–Trinajstić information content (AvgIpc) is 3.22. The first-order valence-corrected chi connectivity index (χ1v) is 11.5. The zero-order chi connectivity index (χ0) is 27.7. The van der Waals surface area contributed by atoms with Crippen LogP contribution in [0.15, 0.2) is 39.6 Å². The van der Waals surface area contributed by atoms with Gasteiger partial charge in [-0.1, -0.05) is 5.16 Å². The maximum atomic E-state index is 14.6. The van der Waals surface area contributed by atoms with Crippen LogP contribution in [0.25, 0.3) is 22.7 Å². The fraction of sp³-hybridized carbons (Fsp3) is 0.348. The topological polar surface area (TPSA) is 151 Å². The molecule has 0 saturated heterocycles. The second-order valence-corrected chi connectivity index (χ2v) is 10.5. The summed E-state index contributed by atoms with van der Waals surface area (Å²) in [6.07, 6.45) is -0.921. The number of benzene rings is 1. The Labute approximate surface area is 219 Å². The zero-order valence-electron chi connectivity index (χ0n) is 20.7. The molecule has 196 valence electrons. The van der Waals surface area contributed by atoms with E-state index < -0.39 is 39.8 Å². The third kappa shape index (κ3) is 6.84. The molecule has 0 unspecified atom stereocenters. The van der Waals surface area contributed by atoms with Gasteiger partial charge in [0.15, 0.2) is 17.3 Å². The molecule has 2 heterocycles. The van der Waals surface area contributed by atoms with E-state index in [0.717, 1.165) is 12.1 Å². The molecular formula is C23H23BrFN5O7. The van der Waals surface area contributed by atoms with Crippen molar-refractivity contribution in [1.29, 1.82) is 0 Å². The highest BCUT2D eigenvalue weighted by Crippen LogP contribution is 2.34. The fourth-order valence-electron chi connectivity index (χ4n) is 2.89.